The molecule has 0 atom stereocenters. The molecule has 8 N–H and O–H groups in total. The van der Waals surface area contributed by atoms with Crippen molar-refractivity contribution in [1.82, 2.24) is 0 Å². The molecule has 0 spiro atoms. The summed E-state index contributed by atoms with van der Waals surface area (Å²) < 4.78 is 0. The van der Waals surface area contributed by atoms with E-state index in [0.29, 0.717) is 33.3 Å². The third kappa shape index (κ3) is 1.94. The Labute approximate surface area is 104 Å². The molecule has 17 heavy (non-hydrogen) atoms. The van der Waals surface area contributed by atoms with Gasteiger partial charge >= 0.3 is 0 Å². The number of benzene rings is 2. The normalized spacial score (nSPS) is 10.4. The van der Waals surface area contributed by atoms with Crippen molar-refractivity contribution in [3.63, 3.8) is 0 Å². The molecule has 0 aromatic heterocycles. The number of anilines is 4. The molecule has 5 heteroatoms. The lowest BCUT2D eigenvalue weighted by Crippen LogP contribution is -2.02. The molecule has 0 aliphatic carbocycles. The van der Waals surface area contributed by atoms with E-state index in [1.807, 2.05) is 12.1 Å². The first-order valence-corrected chi connectivity index (χ1v) is 5.37. The molecule has 0 saturated heterocycles. The van der Waals surface area contributed by atoms with Crippen LogP contribution in [0.4, 0.5) is 22.7 Å². The molecule has 0 radical (unpaired) electrons. The average molecular weight is 249 g/mol. The molecular weight excluding hydrogens is 236 g/mol. The number of nitrogen functional groups attached to an aromatic ring is 4. The minimum Gasteiger partial charge on any atom is -0.399 e. The summed E-state index contributed by atoms with van der Waals surface area (Å²) in [6, 6.07) is 8.82. The molecule has 0 aliphatic rings. The maximum absolute atomic E-state index is 6.13. The standard InChI is InChI=1S/C12H13ClN4/c13-8-5-9(15)11(16)12(17)10(8)6-1-3-7(14)4-2-6/h1-5H,14-17H2. The smallest absolute Gasteiger partial charge is 0.0788 e. The summed E-state index contributed by atoms with van der Waals surface area (Å²) in [5, 5.41) is 0.471. The summed E-state index contributed by atoms with van der Waals surface area (Å²) in [6.45, 7) is 0. The van der Waals surface area contributed by atoms with Gasteiger partial charge < -0.3 is 22.9 Å². The number of nitrogens with two attached hydrogens (primary N) is 4. The molecule has 2 rings (SSSR count). The van der Waals surface area contributed by atoms with Crippen molar-refractivity contribution in [1.29, 1.82) is 0 Å². The van der Waals surface area contributed by atoms with Crippen LogP contribution in [0, 0.1) is 0 Å². The first-order valence-electron chi connectivity index (χ1n) is 4.99. The van der Waals surface area contributed by atoms with E-state index < -0.39 is 0 Å². The van der Waals surface area contributed by atoms with E-state index in [1.165, 1.54) is 0 Å². The van der Waals surface area contributed by atoms with Crippen LogP contribution in [-0.2, 0) is 0 Å². The highest BCUT2D eigenvalue weighted by Crippen LogP contribution is 2.40. The zero-order chi connectivity index (χ0) is 12.6. The van der Waals surface area contributed by atoms with Crippen molar-refractivity contribution in [3.8, 4) is 11.1 Å². The summed E-state index contributed by atoms with van der Waals surface area (Å²) in [5.41, 5.74) is 26.4. The maximum atomic E-state index is 6.13. The van der Waals surface area contributed by atoms with Gasteiger partial charge in [-0.3, -0.25) is 0 Å². The third-order valence-electron chi connectivity index (χ3n) is 2.59. The van der Waals surface area contributed by atoms with E-state index in [0.717, 1.165) is 5.56 Å². The van der Waals surface area contributed by atoms with E-state index in [2.05, 4.69) is 0 Å². The first kappa shape index (κ1) is 11.4. The van der Waals surface area contributed by atoms with Gasteiger partial charge in [-0.25, -0.2) is 0 Å². The summed E-state index contributed by atoms with van der Waals surface area (Å²) >= 11 is 6.13. The Hall–Kier alpha value is -2.07. The lowest BCUT2D eigenvalue weighted by atomic mass is 10.0. The van der Waals surface area contributed by atoms with Gasteiger partial charge in [-0.15, -0.1) is 0 Å². The van der Waals surface area contributed by atoms with Crippen molar-refractivity contribution >= 4 is 34.4 Å². The van der Waals surface area contributed by atoms with E-state index in [-0.39, 0.29) is 0 Å². The van der Waals surface area contributed by atoms with Crippen molar-refractivity contribution in [3.05, 3.63) is 35.4 Å². The minimum absolute atomic E-state index is 0.348. The van der Waals surface area contributed by atoms with Gasteiger partial charge in [0.05, 0.1) is 22.1 Å². The van der Waals surface area contributed by atoms with E-state index in [1.54, 1.807) is 18.2 Å². The average Bonchev–Trinajstić information content (AvgIpc) is 2.29. The van der Waals surface area contributed by atoms with Crippen molar-refractivity contribution in [2.24, 2.45) is 0 Å². The molecule has 88 valence electrons. The Kier molecular flexibility index (Phi) is 2.73. The summed E-state index contributed by atoms with van der Waals surface area (Å²) in [4.78, 5) is 0. The monoisotopic (exact) mass is 248 g/mol. The molecule has 0 heterocycles. The van der Waals surface area contributed by atoms with Gasteiger partial charge in [-0.05, 0) is 23.8 Å². The van der Waals surface area contributed by atoms with E-state index in [9.17, 15) is 0 Å². The molecule has 2 aromatic rings. The number of halogens is 1. The van der Waals surface area contributed by atoms with Crippen molar-refractivity contribution in [2.75, 3.05) is 22.9 Å². The van der Waals surface area contributed by atoms with Gasteiger partial charge in [-0.2, -0.15) is 0 Å². The topological polar surface area (TPSA) is 104 Å². The summed E-state index contributed by atoms with van der Waals surface area (Å²) in [5.74, 6) is 0. The van der Waals surface area contributed by atoms with Gasteiger partial charge in [0.25, 0.3) is 0 Å². The quantitative estimate of drug-likeness (QED) is 0.582. The molecule has 4 nitrogen and oxygen atoms in total. The second-order valence-electron chi connectivity index (χ2n) is 3.77. The van der Waals surface area contributed by atoms with Crippen LogP contribution in [0.2, 0.25) is 5.02 Å². The van der Waals surface area contributed by atoms with Crippen LogP contribution in [0.1, 0.15) is 0 Å². The van der Waals surface area contributed by atoms with Crippen LogP contribution in [0.3, 0.4) is 0 Å². The predicted molar refractivity (Wildman–Crippen MR) is 74.5 cm³/mol. The van der Waals surface area contributed by atoms with Gasteiger partial charge in [0.15, 0.2) is 0 Å². The highest BCUT2D eigenvalue weighted by atomic mass is 35.5. The number of hydrogen-bond donors (Lipinski definition) is 4. The van der Waals surface area contributed by atoms with Crippen molar-refractivity contribution < 1.29 is 0 Å². The molecule has 0 fully saturated rings. The lowest BCUT2D eigenvalue weighted by Gasteiger charge is -2.13. The van der Waals surface area contributed by atoms with Gasteiger partial charge in [0, 0.05) is 11.3 Å². The highest BCUT2D eigenvalue weighted by Gasteiger charge is 2.13. The molecule has 2 aromatic carbocycles. The van der Waals surface area contributed by atoms with Crippen molar-refractivity contribution in [2.45, 2.75) is 0 Å². The Balaban J connectivity index is 2.67. The van der Waals surface area contributed by atoms with Crippen LogP contribution >= 0.6 is 11.6 Å². The van der Waals surface area contributed by atoms with Gasteiger partial charge in [0.2, 0.25) is 0 Å². The molecule has 0 aliphatic heterocycles. The fourth-order valence-electron chi connectivity index (χ4n) is 1.65. The largest absolute Gasteiger partial charge is 0.399 e. The third-order valence-corrected chi connectivity index (χ3v) is 2.89. The molecular formula is C12H13ClN4. The molecule has 0 amide bonds. The first-order chi connectivity index (χ1) is 8.00. The fraction of sp³-hybridized carbons (Fsp3) is 0. The van der Waals surface area contributed by atoms with E-state index in [4.69, 9.17) is 34.5 Å². The Morgan fingerprint density at radius 3 is 2.00 bits per heavy atom. The maximum Gasteiger partial charge on any atom is 0.0788 e. The SMILES string of the molecule is Nc1ccc(-c2c(Cl)cc(N)c(N)c2N)cc1. The molecule has 0 bridgehead atoms. The number of hydrogen-bond acceptors (Lipinski definition) is 4. The Morgan fingerprint density at radius 1 is 0.824 bits per heavy atom. The fourth-order valence-corrected chi connectivity index (χ4v) is 1.98. The number of rotatable bonds is 1. The van der Waals surface area contributed by atoms with Crippen LogP contribution in [0.15, 0.2) is 30.3 Å². The highest BCUT2D eigenvalue weighted by molar-refractivity contribution is 6.34. The van der Waals surface area contributed by atoms with Crippen LogP contribution in [0.25, 0.3) is 11.1 Å². The second-order valence-corrected chi connectivity index (χ2v) is 4.18. The molecule has 0 unspecified atom stereocenters. The van der Waals surface area contributed by atoms with Gasteiger partial charge in [-0.1, -0.05) is 23.7 Å². The predicted octanol–water partition coefficient (Wildman–Crippen LogP) is 2.34. The Bertz CT molecular complexity index is 564. The summed E-state index contributed by atoms with van der Waals surface area (Å²) in [6.07, 6.45) is 0. The minimum atomic E-state index is 0.348. The van der Waals surface area contributed by atoms with Crippen LogP contribution in [0.5, 0.6) is 0 Å². The zero-order valence-corrected chi connectivity index (χ0v) is 9.83. The summed E-state index contributed by atoms with van der Waals surface area (Å²) in [7, 11) is 0. The van der Waals surface area contributed by atoms with Crippen LogP contribution < -0.4 is 22.9 Å². The molecule has 0 saturated carbocycles. The van der Waals surface area contributed by atoms with E-state index >= 15 is 0 Å². The zero-order valence-electron chi connectivity index (χ0n) is 9.07. The second kappa shape index (κ2) is 4.07. The lowest BCUT2D eigenvalue weighted by molar-refractivity contribution is 1.59. The Morgan fingerprint density at radius 2 is 1.41 bits per heavy atom. The van der Waals surface area contributed by atoms with Gasteiger partial charge in [0.1, 0.15) is 0 Å². The van der Waals surface area contributed by atoms with Crippen LogP contribution in [-0.4, -0.2) is 0 Å².